The molecule has 1 aromatic rings. The summed E-state index contributed by atoms with van der Waals surface area (Å²) in [5.74, 6) is 0. The van der Waals surface area contributed by atoms with Crippen molar-refractivity contribution >= 4 is 6.09 Å². The monoisotopic (exact) mass is 497 g/mol. The van der Waals surface area contributed by atoms with E-state index < -0.39 is 17.3 Å². The van der Waals surface area contributed by atoms with Gasteiger partial charge in [-0.2, -0.15) is 13.2 Å². The van der Waals surface area contributed by atoms with Gasteiger partial charge >= 0.3 is 12.3 Å². The van der Waals surface area contributed by atoms with Gasteiger partial charge in [0.1, 0.15) is 5.60 Å². The molecule has 2 aliphatic rings. The van der Waals surface area contributed by atoms with Crippen molar-refractivity contribution in [2.45, 2.75) is 96.6 Å². The van der Waals surface area contributed by atoms with Gasteiger partial charge in [0.25, 0.3) is 0 Å². The number of piperazine rings is 1. The predicted molar refractivity (Wildman–Crippen MR) is 132 cm³/mol. The van der Waals surface area contributed by atoms with Crippen LogP contribution >= 0.6 is 0 Å². The Morgan fingerprint density at radius 2 is 1.69 bits per heavy atom. The van der Waals surface area contributed by atoms with Gasteiger partial charge in [-0.3, -0.25) is 9.80 Å². The summed E-state index contributed by atoms with van der Waals surface area (Å²) in [5.41, 5.74) is -0.115. The van der Waals surface area contributed by atoms with Gasteiger partial charge in [0, 0.05) is 50.3 Å². The average Bonchev–Trinajstić information content (AvgIpc) is 2.76. The van der Waals surface area contributed by atoms with Gasteiger partial charge in [-0.1, -0.05) is 25.5 Å². The van der Waals surface area contributed by atoms with E-state index in [0.717, 1.165) is 50.9 Å². The van der Waals surface area contributed by atoms with Crippen molar-refractivity contribution in [2.24, 2.45) is 0 Å². The molecule has 2 heterocycles. The number of likely N-dealkylation sites (tertiary alicyclic amines) is 1. The molecule has 2 fully saturated rings. The lowest BCUT2D eigenvalue weighted by atomic mass is 9.86. The molecule has 2 atom stereocenters. The number of amides is 1. The lowest BCUT2D eigenvalue weighted by Crippen LogP contribution is -2.62. The maximum atomic E-state index is 13.0. The molecule has 0 unspecified atom stereocenters. The summed E-state index contributed by atoms with van der Waals surface area (Å²) in [6.07, 6.45) is -0.871. The average molecular weight is 498 g/mol. The molecule has 2 aliphatic heterocycles. The molecule has 0 spiro atoms. The molecule has 0 bridgehead atoms. The van der Waals surface area contributed by atoms with Crippen LogP contribution in [0.3, 0.4) is 0 Å². The molecule has 0 saturated carbocycles. The van der Waals surface area contributed by atoms with Crippen LogP contribution in [0.2, 0.25) is 0 Å². The fourth-order valence-electron chi connectivity index (χ4n) is 5.43. The molecule has 0 aliphatic carbocycles. The Morgan fingerprint density at radius 3 is 2.17 bits per heavy atom. The summed E-state index contributed by atoms with van der Waals surface area (Å²) in [7, 11) is 0. The number of ether oxygens (including phenoxy) is 1. The number of rotatable bonds is 5. The Morgan fingerprint density at radius 1 is 1.09 bits per heavy atom. The first-order valence-corrected chi connectivity index (χ1v) is 12.9. The summed E-state index contributed by atoms with van der Waals surface area (Å²) in [4.78, 5) is 19.3. The van der Waals surface area contributed by atoms with Crippen LogP contribution in [0, 0.1) is 0 Å². The highest BCUT2D eigenvalue weighted by Crippen LogP contribution is 2.36. The van der Waals surface area contributed by atoms with Crippen LogP contribution in [0.4, 0.5) is 18.0 Å². The molecule has 8 heteroatoms. The maximum absolute atomic E-state index is 13.0. The van der Waals surface area contributed by atoms with Crippen LogP contribution in [0.1, 0.15) is 84.4 Å². The third-order valence-corrected chi connectivity index (χ3v) is 7.52. The maximum Gasteiger partial charge on any atom is 0.416 e. The molecular formula is C27H42F3N3O2. The van der Waals surface area contributed by atoms with Gasteiger partial charge in [0.05, 0.1) is 5.56 Å². The molecule has 1 amide bonds. The first-order valence-electron chi connectivity index (χ1n) is 12.9. The van der Waals surface area contributed by atoms with E-state index >= 15 is 0 Å². The van der Waals surface area contributed by atoms with E-state index in [-0.39, 0.29) is 23.7 Å². The van der Waals surface area contributed by atoms with Crippen LogP contribution in [0.15, 0.2) is 24.3 Å². The second kappa shape index (κ2) is 10.7. The smallest absolute Gasteiger partial charge is 0.416 e. The van der Waals surface area contributed by atoms with E-state index in [0.29, 0.717) is 13.1 Å². The number of halogens is 3. The van der Waals surface area contributed by atoms with E-state index in [2.05, 4.69) is 30.6 Å². The van der Waals surface area contributed by atoms with Crippen molar-refractivity contribution in [3.05, 3.63) is 35.4 Å². The molecule has 0 radical (unpaired) electrons. The van der Waals surface area contributed by atoms with E-state index in [1.54, 1.807) is 12.1 Å². The summed E-state index contributed by atoms with van der Waals surface area (Å²) in [5, 5.41) is 0. The fraction of sp³-hybridized carbons (Fsp3) is 0.741. The van der Waals surface area contributed by atoms with Gasteiger partial charge < -0.3 is 9.64 Å². The number of hydrogen-bond acceptors (Lipinski definition) is 4. The third-order valence-electron chi connectivity index (χ3n) is 7.52. The SMILES string of the molecule is CCC[C@@H](c1ccc(C(F)(F)F)cc1)N1CCN(C2(C)CCN(C(=O)OC(C)(C)C)CC2)C[C@@H]1C. The molecular weight excluding hydrogens is 455 g/mol. The normalized spacial score (nSPS) is 23.2. The molecule has 5 nitrogen and oxygen atoms in total. The minimum absolute atomic E-state index is 0.0213. The van der Waals surface area contributed by atoms with Crippen molar-refractivity contribution in [1.82, 2.24) is 14.7 Å². The predicted octanol–water partition coefficient (Wildman–Crippen LogP) is 6.34. The Kier molecular flexibility index (Phi) is 8.47. The van der Waals surface area contributed by atoms with Gasteiger partial charge in [0.2, 0.25) is 0 Å². The van der Waals surface area contributed by atoms with Crippen molar-refractivity contribution in [3.8, 4) is 0 Å². The van der Waals surface area contributed by atoms with Crippen molar-refractivity contribution in [3.63, 3.8) is 0 Å². The van der Waals surface area contributed by atoms with Crippen LogP contribution in [0.25, 0.3) is 0 Å². The topological polar surface area (TPSA) is 36.0 Å². The zero-order chi connectivity index (χ0) is 26.0. The number of hydrogen-bond donors (Lipinski definition) is 0. The first kappa shape index (κ1) is 27.8. The highest BCUT2D eigenvalue weighted by atomic mass is 19.4. The quantitative estimate of drug-likeness (QED) is 0.475. The van der Waals surface area contributed by atoms with Crippen molar-refractivity contribution in [2.75, 3.05) is 32.7 Å². The Bertz CT molecular complexity index is 843. The lowest BCUT2D eigenvalue weighted by molar-refractivity contribution is -0.137. The summed E-state index contributed by atoms with van der Waals surface area (Å²) in [6, 6.07) is 6.10. The van der Waals surface area contributed by atoms with Gasteiger partial charge in [-0.05, 0) is 71.6 Å². The second-order valence-electron chi connectivity index (χ2n) is 11.4. The molecule has 35 heavy (non-hydrogen) atoms. The van der Waals surface area contributed by atoms with E-state index in [1.807, 2.05) is 25.7 Å². The minimum Gasteiger partial charge on any atom is -0.444 e. The highest BCUT2D eigenvalue weighted by Gasteiger charge is 2.41. The lowest BCUT2D eigenvalue weighted by Gasteiger charge is -2.52. The van der Waals surface area contributed by atoms with E-state index in [9.17, 15) is 18.0 Å². The molecule has 198 valence electrons. The largest absolute Gasteiger partial charge is 0.444 e. The number of piperidine rings is 1. The Balaban J connectivity index is 1.63. The number of alkyl halides is 3. The highest BCUT2D eigenvalue weighted by molar-refractivity contribution is 5.68. The van der Waals surface area contributed by atoms with Crippen LogP contribution in [-0.4, -0.2) is 70.7 Å². The molecule has 2 saturated heterocycles. The van der Waals surface area contributed by atoms with Crippen molar-refractivity contribution < 1.29 is 22.7 Å². The number of carbonyl (C=O) groups is 1. The number of benzene rings is 1. The minimum atomic E-state index is -4.31. The summed E-state index contributed by atoms with van der Waals surface area (Å²) in [6.45, 7) is 16.4. The third kappa shape index (κ3) is 6.91. The standard InChI is InChI=1S/C27H42F3N3O2/c1-7-8-23(21-9-11-22(12-10-21)27(28,29)30)33-18-17-32(19-20(33)2)26(6)13-15-31(16-14-26)24(34)35-25(3,4)5/h9-12,20,23H,7-8,13-19H2,1-6H3/t20-,23-/m0/s1. The number of nitrogens with zero attached hydrogens (tertiary/aromatic N) is 3. The zero-order valence-electron chi connectivity index (χ0n) is 22.1. The van der Waals surface area contributed by atoms with Gasteiger partial charge in [-0.25, -0.2) is 4.79 Å². The first-order chi connectivity index (χ1) is 16.2. The van der Waals surface area contributed by atoms with Crippen LogP contribution in [0.5, 0.6) is 0 Å². The van der Waals surface area contributed by atoms with E-state index in [1.165, 1.54) is 12.1 Å². The fourth-order valence-corrected chi connectivity index (χ4v) is 5.43. The molecule has 0 aromatic heterocycles. The zero-order valence-corrected chi connectivity index (χ0v) is 22.1. The van der Waals surface area contributed by atoms with Gasteiger partial charge in [0.15, 0.2) is 0 Å². The summed E-state index contributed by atoms with van der Waals surface area (Å²) >= 11 is 0. The van der Waals surface area contributed by atoms with E-state index in [4.69, 9.17) is 4.74 Å². The second-order valence-corrected chi connectivity index (χ2v) is 11.4. The Labute approximate surface area is 208 Å². The van der Waals surface area contributed by atoms with Crippen LogP contribution in [-0.2, 0) is 10.9 Å². The van der Waals surface area contributed by atoms with Gasteiger partial charge in [-0.15, -0.1) is 0 Å². The molecule has 3 rings (SSSR count). The summed E-state index contributed by atoms with van der Waals surface area (Å²) < 4.78 is 44.7. The Hall–Kier alpha value is -1.80. The van der Waals surface area contributed by atoms with Crippen LogP contribution < -0.4 is 0 Å². The number of carbonyl (C=O) groups excluding carboxylic acids is 1. The van der Waals surface area contributed by atoms with Crippen molar-refractivity contribution in [1.29, 1.82) is 0 Å². The molecule has 1 aromatic carbocycles. The molecule has 0 N–H and O–H groups in total.